The summed E-state index contributed by atoms with van der Waals surface area (Å²) in [6.07, 6.45) is 0. The summed E-state index contributed by atoms with van der Waals surface area (Å²) in [5.41, 5.74) is 17.5. The van der Waals surface area contributed by atoms with Crippen LogP contribution in [-0.2, 0) is 5.66 Å². The van der Waals surface area contributed by atoms with Crippen molar-refractivity contribution in [3.63, 3.8) is 0 Å². The van der Waals surface area contributed by atoms with Gasteiger partial charge in [0.25, 0.3) is 0 Å². The summed E-state index contributed by atoms with van der Waals surface area (Å²) in [7, 11) is 0. The highest BCUT2D eigenvalue weighted by molar-refractivity contribution is 5.38. The van der Waals surface area contributed by atoms with Crippen molar-refractivity contribution in [2.45, 2.75) is 5.66 Å². The molecule has 0 unspecified atom stereocenters. The van der Waals surface area contributed by atoms with Crippen molar-refractivity contribution in [3.05, 3.63) is 92.7 Å². The molecule has 2 aromatic carbocycles. The van der Waals surface area contributed by atoms with Crippen LogP contribution in [0.25, 0.3) is 20.9 Å². The van der Waals surface area contributed by atoms with Crippen LogP contribution in [-0.4, -0.2) is 0 Å². The van der Waals surface area contributed by atoms with Gasteiger partial charge in [-0.15, -0.1) is 0 Å². The Labute approximate surface area is 109 Å². The monoisotopic (exact) mass is 250 g/mol. The predicted octanol–water partition coefficient (Wildman–Crippen LogP) is 4.51. The fourth-order valence-electron chi connectivity index (χ4n) is 1.89. The van der Waals surface area contributed by atoms with Crippen LogP contribution in [0.2, 0.25) is 0 Å². The molecule has 19 heavy (non-hydrogen) atoms. The molecule has 0 spiro atoms. The largest absolute Gasteiger partial charge is 0.177 e. The maximum absolute atomic E-state index is 8.83. The van der Waals surface area contributed by atoms with E-state index in [9.17, 15) is 0 Å². The first-order valence-corrected chi connectivity index (χ1v) is 5.57. The van der Waals surface area contributed by atoms with E-state index in [4.69, 9.17) is 11.1 Å². The number of rotatable bonds is 4. The number of benzene rings is 2. The topological polar surface area (TPSA) is 97.5 Å². The Bertz CT molecular complexity index is 580. The lowest BCUT2D eigenvalue weighted by atomic mass is 9.93. The van der Waals surface area contributed by atoms with Crippen molar-refractivity contribution in [2.24, 2.45) is 10.2 Å². The third kappa shape index (κ3) is 2.35. The SMILES string of the molecule is [N-]=[N+]=NC(N=[N+]=[N-])(c1ccccc1)c1ccccc1. The fraction of sp³-hybridized carbons (Fsp3) is 0.0769. The lowest BCUT2D eigenvalue weighted by Crippen LogP contribution is -2.21. The second kappa shape index (κ2) is 5.60. The minimum atomic E-state index is -1.40. The Morgan fingerprint density at radius 2 is 1.05 bits per heavy atom. The molecule has 0 saturated carbocycles. The summed E-state index contributed by atoms with van der Waals surface area (Å²) >= 11 is 0. The predicted molar refractivity (Wildman–Crippen MR) is 72.0 cm³/mol. The van der Waals surface area contributed by atoms with Crippen molar-refractivity contribution in [3.8, 4) is 0 Å². The molecule has 0 radical (unpaired) electrons. The minimum absolute atomic E-state index is 0.622. The molecule has 2 aromatic rings. The summed E-state index contributed by atoms with van der Waals surface area (Å²) in [6, 6.07) is 17.9. The van der Waals surface area contributed by atoms with Gasteiger partial charge in [-0.1, -0.05) is 70.9 Å². The Kier molecular flexibility index (Phi) is 3.69. The van der Waals surface area contributed by atoms with Gasteiger partial charge in [0, 0.05) is 9.82 Å². The lowest BCUT2D eigenvalue weighted by molar-refractivity contribution is 0.559. The fourth-order valence-corrected chi connectivity index (χ4v) is 1.89. The van der Waals surface area contributed by atoms with Gasteiger partial charge in [-0.25, -0.2) is 0 Å². The van der Waals surface area contributed by atoms with Crippen molar-refractivity contribution in [2.75, 3.05) is 0 Å². The van der Waals surface area contributed by atoms with Crippen molar-refractivity contribution < 1.29 is 0 Å². The van der Waals surface area contributed by atoms with Gasteiger partial charge in [0.15, 0.2) is 5.66 Å². The first kappa shape index (κ1) is 12.5. The first-order chi connectivity index (χ1) is 9.33. The number of hydrogen-bond acceptors (Lipinski definition) is 2. The molecule has 0 aliphatic carbocycles. The molecule has 0 amide bonds. The van der Waals surface area contributed by atoms with Crippen LogP contribution < -0.4 is 0 Å². The molecule has 0 aliphatic heterocycles. The standard InChI is InChI=1S/C13H10N6/c14-18-16-13(17-19-15,11-7-3-1-4-8-11)12-9-5-2-6-10-12/h1-10H. The van der Waals surface area contributed by atoms with Gasteiger partial charge >= 0.3 is 0 Å². The van der Waals surface area contributed by atoms with E-state index in [1.54, 1.807) is 48.5 Å². The first-order valence-electron chi connectivity index (χ1n) is 5.57. The van der Waals surface area contributed by atoms with Crippen LogP contribution in [0.3, 0.4) is 0 Å². The molecule has 6 nitrogen and oxygen atoms in total. The molecular formula is C13H10N6. The quantitative estimate of drug-likeness (QED) is 0.433. The van der Waals surface area contributed by atoms with E-state index >= 15 is 0 Å². The highest BCUT2D eigenvalue weighted by atomic mass is 15.3. The summed E-state index contributed by atoms with van der Waals surface area (Å²) in [5.74, 6) is 0. The molecule has 0 heterocycles. The molecular weight excluding hydrogens is 240 g/mol. The van der Waals surface area contributed by atoms with Gasteiger partial charge in [-0.05, 0) is 22.2 Å². The van der Waals surface area contributed by atoms with Gasteiger partial charge in [0.2, 0.25) is 0 Å². The van der Waals surface area contributed by atoms with Gasteiger partial charge in [0.05, 0.1) is 0 Å². The van der Waals surface area contributed by atoms with Crippen molar-refractivity contribution in [1.29, 1.82) is 0 Å². The third-order valence-corrected chi connectivity index (χ3v) is 2.73. The van der Waals surface area contributed by atoms with Crippen LogP contribution in [0, 0.1) is 0 Å². The summed E-state index contributed by atoms with van der Waals surface area (Å²) in [6.45, 7) is 0. The summed E-state index contributed by atoms with van der Waals surface area (Å²) < 4.78 is 0. The number of azide groups is 1. The lowest BCUT2D eigenvalue weighted by Gasteiger charge is -2.24. The van der Waals surface area contributed by atoms with E-state index < -0.39 is 5.66 Å². The zero-order valence-corrected chi connectivity index (χ0v) is 9.96. The van der Waals surface area contributed by atoms with Gasteiger partial charge in [-0.3, -0.25) is 0 Å². The molecule has 0 atom stereocenters. The average Bonchev–Trinajstić information content (AvgIpc) is 2.49. The van der Waals surface area contributed by atoms with E-state index in [1.807, 2.05) is 12.1 Å². The van der Waals surface area contributed by atoms with E-state index in [0.717, 1.165) is 0 Å². The minimum Gasteiger partial charge on any atom is -0.0716 e. The smallest absolute Gasteiger partial charge is 0.0716 e. The Morgan fingerprint density at radius 3 is 1.37 bits per heavy atom. The van der Waals surface area contributed by atoms with Gasteiger partial charge < -0.3 is 0 Å². The average molecular weight is 250 g/mol. The van der Waals surface area contributed by atoms with Crippen molar-refractivity contribution in [1.82, 2.24) is 0 Å². The van der Waals surface area contributed by atoms with Crippen LogP contribution in [0.4, 0.5) is 0 Å². The second-order valence-electron chi connectivity index (χ2n) is 3.78. The second-order valence-corrected chi connectivity index (χ2v) is 3.78. The van der Waals surface area contributed by atoms with E-state index in [-0.39, 0.29) is 0 Å². The van der Waals surface area contributed by atoms with E-state index in [2.05, 4.69) is 20.1 Å². The van der Waals surface area contributed by atoms with Gasteiger partial charge in [-0.2, -0.15) is 0 Å². The zero-order chi connectivity index (χ0) is 13.6. The molecule has 6 heteroatoms. The Hall–Kier alpha value is -2.94. The summed E-state index contributed by atoms with van der Waals surface area (Å²) in [4.78, 5) is 5.68. The van der Waals surface area contributed by atoms with E-state index in [1.165, 1.54) is 0 Å². The molecule has 2 rings (SSSR count). The third-order valence-electron chi connectivity index (χ3n) is 2.73. The highest BCUT2D eigenvalue weighted by Crippen LogP contribution is 2.35. The van der Waals surface area contributed by atoms with Crippen molar-refractivity contribution >= 4 is 0 Å². The molecule has 0 saturated heterocycles. The van der Waals surface area contributed by atoms with Crippen LogP contribution in [0.5, 0.6) is 0 Å². The van der Waals surface area contributed by atoms with E-state index in [0.29, 0.717) is 11.1 Å². The van der Waals surface area contributed by atoms with Crippen LogP contribution in [0.15, 0.2) is 70.9 Å². The highest BCUT2D eigenvalue weighted by Gasteiger charge is 2.32. The molecule has 0 fully saturated rings. The number of nitrogens with zero attached hydrogens (tertiary/aromatic N) is 6. The van der Waals surface area contributed by atoms with Gasteiger partial charge in [0.1, 0.15) is 0 Å². The molecule has 0 N–H and O–H groups in total. The Morgan fingerprint density at radius 1 is 0.684 bits per heavy atom. The molecule has 0 aromatic heterocycles. The molecule has 0 bridgehead atoms. The maximum atomic E-state index is 8.83. The number of hydrogen-bond donors (Lipinski definition) is 0. The summed E-state index contributed by atoms with van der Waals surface area (Å²) in [5, 5.41) is 7.49. The molecule has 92 valence electrons. The molecule has 0 aliphatic rings. The normalized spacial score (nSPS) is 10.1. The zero-order valence-electron chi connectivity index (χ0n) is 9.96. The maximum Gasteiger partial charge on any atom is 0.177 e. The van der Waals surface area contributed by atoms with Crippen LogP contribution >= 0.6 is 0 Å². The van der Waals surface area contributed by atoms with Crippen LogP contribution in [0.1, 0.15) is 11.1 Å². The Balaban J connectivity index is 2.75.